The van der Waals surface area contributed by atoms with Crippen LogP contribution in [-0.4, -0.2) is 23.9 Å². The second-order valence-corrected chi connectivity index (χ2v) is 1.24. The van der Waals surface area contributed by atoms with Gasteiger partial charge in [-0.05, 0) is 0 Å². The maximum Gasteiger partial charge on any atom is 0.249 e. The molecule has 0 aliphatic rings. The summed E-state index contributed by atoms with van der Waals surface area (Å²) in [5.74, 6) is -0.681. The van der Waals surface area contributed by atoms with Crippen LogP contribution < -0.4 is 16.8 Å². The second kappa shape index (κ2) is 3.36. The van der Waals surface area contributed by atoms with Crippen molar-refractivity contribution in [1.29, 1.82) is 0 Å². The van der Waals surface area contributed by atoms with Gasteiger partial charge in [-0.15, -0.1) is 0 Å². The fourth-order valence-corrected chi connectivity index (χ4v) is 0.199. The maximum absolute atomic E-state index is 10.0. The summed E-state index contributed by atoms with van der Waals surface area (Å²) in [5.41, 5.74) is 9.67. The quantitative estimate of drug-likeness (QED) is 0.303. The van der Waals surface area contributed by atoms with Crippen LogP contribution in [0.25, 0.3) is 0 Å². The molecule has 0 aromatic heterocycles. The molecule has 1 atom stereocenters. The lowest BCUT2D eigenvalue weighted by Gasteiger charge is -2.04. The number of primary amides is 1. The van der Waals surface area contributed by atoms with Crippen molar-refractivity contribution in [3.8, 4) is 0 Å². The zero-order valence-corrected chi connectivity index (χ0v) is 4.29. The van der Waals surface area contributed by atoms with Gasteiger partial charge in [0.2, 0.25) is 5.91 Å². The highest BCUT2D eigenvalue weighted by Gasteiger charge is 2.04. The number of carbonyl (C=O) groups is 1. The number of nitrogens with two attached hydrogens (primary N) is 2. The Labute approximate surface area is 46.7 Å². The minimum absolute atomic E-state index is 0.343. The molecule has 48 valence electrons. The number of aliphatic hydroxyl groups excluding tert-OH is 1. The van der Waals surface area contributed by atoms with Gasteiger partial charge in [0, 0.05) is 0 Å². The van der Waals surface area contributed by atoms with E-state index in [1.54, 1.807) is 0 Å². The summed E-state index contributed by atoms with van der Waals surface area (Å²) in [5, 5.41) is 10.3. The fraction of sp³-hybridized carbons (Fsp3) is 0.667. The zero-order valence-electron chi connectivity index (χ0n) is 4.29. The molecule has 0 radical (unpaired) electrons. The van der Waals surface area contributed by atoms with Gasteiger partial charge < -0.3 is 16.6 Å². The van der Waals surface area contributed by atoms with Crippen molar-refractivity contribution in [3.05, 3.63) is 0 Å². The number of hydrogen-bond donors (Lipinski definition) is 4. The topological polar surface area (TPSA) is 101 Å². The van der Waals surface area contributed by atoms with Crippen LogP contribution in [0.5, 0.6) is 0 Å². The van der Waals surface area contributed by atoms with E-state index in [4.69, 9.17) is 10.8 Å². The van der Waals surface area contributed by atoms with Gasteiger partial charge in [-0.2, -0.15) is 0 Å². The van der Waals surface area contributed by atoms with Gasteiger partial charge in [-0.1, -0.05) is 0 Å². The molecule has 1 unspecified atom stereocenters. The average Bonchev–Trinajstić information content (AvgIpc) is 1.67. The Balaban J connectivity index is 3.32. The minimum atomic E-state index is -0.944. The van der Waals surface area contributed by atoms with E-state index in [-0.39, 0.29) is 6.73 Å². The molecule has 0 fully saturated rings. The highest BCUT2D eigenvalue weighted by Crippen LogP contribution is 1.62. The van der Waals surface area contributed by atoms with Gasteiger partial charge in [-0.3, -0.25) is 10.1 Å². The molecule has 1 amide bonds. The van der Waals surface area contributed by atoms with Crippen LogP contribution in [0.4, 0.5) is 0 Å². The maximum atomic E-state index is 10.0. The van der Waals surface area contributed by atoms with Crippen LogP contribution in [0.3, 0.4) is 0 Å². The Morgan fingerprint density at radius 2 is 2.38 bits per heavy atom. The number of amides is 1. The number of nitrogens with one attached hydrogen (secondary N) is 1. The van der Waals surface area contributed by atoms with E-state index in [0.29, 0.717) is 0 Å². The monoisotopic (exact) mass is 119 g/mol. The van der Waals surface area contributed by atoms with Crippen molar-refractivity contribution >= 4 is 5.91 Å². The molecule has 5 nitrogen and oxygen atoms in total. The first-order valence-electron chi connectivity index (χ1n) is 2.07. The standard InChI is InChI=1S/C3H9N3O2/c4-2(3(5)8)6-1-7/h2,6-7H,1,4H2,(H2,5,8). The molecule has 0 aromatic rings. The number of rotatable bonds is 3. The van der Waals surface area contributed by atoms with E-state index < -0.39 is 12.1 Å². The lowest BCUT2D eigenvalue weighted by molar-refractivity contribution is -0.120. The molecule has 0 spiro atoms. The smallest absolute Gasteiger partial charge is 0.249 e. The lowest BCUT2D eigenvalue weighted by Crippen LogP contribution is -2.48. The van der Waals surface area contributed by atoms with E-state index in [0.717, 1.165) is 0 Å². The van der Waals surface area contributed by atoms with E-state index >= 15 is 0 Å². The molecule has 0 saturated heterocycles. The third-order valence-electron chi connectivity index (χ3n) is 0.618. The van der Waals surface area contributed by atoms with Gasteiger partial charge in [0.1, 0.15) is 6.17 Å². The predicted molar refractivity (Wildman–Crippen MR) is 27.4 cm³/mol. The largest absolute Gasteiger partial charge is 0.381 e. The molecule has 0 aliphatic carbocycles. The van der Waals surface area contributed by atoms with Gasteiger partial charge in [0.05, 0.1) is 6.73 Å². The normalized spacial score (nSPS) is 13.2. The third kappa shape index (κ3) is 2.51. The fourth-order valence-electron chi connectivity index (χ4n) is 0.199. The molecule has 0 aliphatic heterocycles. The Hall–Kier alpha value is -0.650. The summed E-state index contributed by atoms with van der Waals surface area (Å²) < 4.78 is 0. The summed E-state index contributed by atoms with van der Waals surface area (Å²) in [6, 6.07) is 0. The summed E-state index contributed by atoms with van der Waals surface area (Å²) in [4.78, 5) is 10.0. The Morgan fingerprint density at radius 1 is 1.88 bits per heavy atom. The van der Waals surface area contributed by atoms with Gasteiger partial charge in [0.25, 0.3) is 0 Å². The molecule has 0 bridgehead atoms. The summed E-state index contributed by atoms with van der Waals surface area (Å²) in [6.07, 6.45) is -0.944. The molecule has 8 heavy (non-hydrogen) atoms. The number of carbonyl (C=O) groups excluding carboxylic acids is 1. The van der Waals surface area contributed by atoms with Crippen LogP contribution in [-0.2, 0) is 4.79 Å². The summed E-state index contributed by atoms with van der Waals surface area (Å²) in [7, 11) is 0. The molecular weight excluding hydrogens is 110 g/mol. The highest BCUT2D eigenvalue weighted by atomic mass is 16.3. The first-order chi connectivity index (χ1) is 3.68. The van der Waals surface area contributed by atoms with Gasteiger partial charge in [0.15, 0.2) is 0 Å². The Morgan fingerprint density at radius 3 is 2.50 bits per heavy atom. The van der Waals surface area contributed by atoms with Crippen molar-refractivity contribution < 1.29 is 9.90 Å². The molecule has 6 N–H and O–H groups in total. The summed E-state index contributed by atoms with van der Waals surface area (Å²) in [6.45, 7) is -0.343. The Kier molecular flexibility index (Phi) is 3.09. The van der Waals surface area contributed by atoms with E-state index in [2.05, 4.69) is 11.1 Å². The molecule has 0 rings (SSSR count). The van der Waals surface area contributed by atoms with Crippen LogP contribution in [0.15, 0.2) is 0 Å². The number of hydrogen-bond acceptors (Lipinski definition) is 4. The van der Waals surface area contributed by atoms with Crippen molar-refractivity contribution in [2.45, 2.75) is 6.17 Å². The van der Waals surface area contributed by atoms with Crippen molar-refractivity contribution in [1.82, 2.24) is 5.32 Å². The molecule has 0 saturated carbocycles. The molecule has 0 aromatic carbocycles. The van der Waals surface area contributed by atoms with Crippen LogP contribution in [0.2, 0.25) is 0 Å². The average molecular weight is 119 g/mol. The second-order valence-electron chi connectivity index (χ2n) is 1.24. The third-order valence-corrected chi connectivity index (χ3v) is 0.618. The predicted octanol–water partition coefficient (Wildman–Crippen LogP) is -2.70. The van der Waals surface area contributed by atoms with Crippen LogP contribution >= 0.6 is 0 Å². The van der Waals surface area contributed by atoms with Crippen molar-refractivity contribution in [2.75, 3.05) is 6.73 Å². The van der Waals surface area contributed by atoms with Crippen molar-refractivity contribution in [3.63, 3.8) is 0 Å². The lowest BCUT2D eigenvalue weighted by atomic mass is 10.5. The minimum Gasteiger partial charge on any atom is -0.381 e. The van der Waals surface area contributed by atoms with Crippen molar-refractivity contribution in [2.24, 2.45) is 11.5 Å². The Bertz CT molecular complexity index is 84.6. The first kappa shape index (κ1) is 7.35. The van der Waals surface area contributed by atoms with E-state index in [1.165, 1.54) is 0 Å². The van der Waals surface area contributed by atoms with E-state index in [9.17, 15) is 4.79 Å². The highest BCUT2D eigenvalue weighted by molar-refractivity contribution is 5.78. The number of aliphatic hydroxyl groups is 1. The van der Waals surface area contributed by atoms with E-state index in [1.807, 2.05) is 0 Å². The summed E-state index contributed by atoms with van der Waals surface area (Å²) >= 11 is 0. The first-order valence-corrected chi connectivity index (χ1v) is 2.07. The van der Waals surface area contributed by atoms with Gasteiger partial charge in [-0.25, -0.2) is 0 Å². The molecule has 5 heteroatoms. The van der Waals surface area contributed by atoms with Crippen LogP contribution in [0, 0.1) is 0 Å². The molecular formula is C3H9N3O2. The van der Waals surface area contributed by atoms with Crippen LogP contribution in [0.1, 0.15) is 0 Å². The molecule has 0 heterocycles. The zero-order chi connectivity index (χ0) is 6.57. The SMILES string of the molecule is NC(=O)C(N)NCO. The van der Waals surface area contributed by atoms with Gasteiger partial charge >= 0.3 is 0 Å².